The van der Waals surface area contributed by atoms with E-state index in [2.05, 4.69) is 42.4 Å². The Bertz CT molecular complexity index is 1230. The van der Waals surface area contributed by atoms with Crippen LogP contribution in [0.5, 0.6) is 11.5 Å². The zero-order valence-electron chi connectivity index (χ0n) is 18.3. The Labute approximate surface area is 182 Å². The van der Waals surface area contributed by atoms with Gasteiger partial charge in [0.05, 0.1) is 31.0 Å². The zero-order chi connectivity index (χ0) is 22.0. The summed E-state index contributed by atoms with van der Waals surface area (Å²) in [5.41, 5.74) is 4.46. The number of para-hydroxylation sites is 1. The summed E-state index contributed by atoms with van der Waals surface area (Å²) in [4.78, 5) is 13.5. The SMILES string of the molecule is CC[C@@H](c1ccccc1)c1cccc2c1c(C)nn2C(=O)c1cccc(OC)c1OC. The van der Waals surface area contributed by atoms with Crippen LogP contribution in [0.3, 0.4) is 0 Å². The third-order valence-corrected chi connectivity index (χ3v) is 5.73. The van der Waals surface area contributed by atoms with Crippen LogP contribution in [0.4, 0.5) is 0 Å². The lowest BCUT2D eigenvalue weighted by Gasteiger charge is -2.17. The van der Waals surface area contributed by atoms with Gasteiger partial charge in [0.15, 0.2) is 11.5 Å². The van der Waals surface area contributed by atoms with E-state index in [4.69, 9.17) is 9.47 Å². The van der Waals surface area contributed by atoms with Crippen LogP contribution in [0.2, 0.25) is 0 Å². The summed E-state index contributed by atoms with van der Waals surface area (Å²) >= 11 is 0. The molecule has 0 aliphatic carbocycles. The van der Waals surface area contributed by atoms with Crippen LogP contribution in [0.25, 0.3) is 10.9 Å². The van der Waals surface area contributed by atoms with Crippen LogP contribution in [0, 0.1) is 6.92 Å². The molecule has 0 N–H and O–H groups in total. The first-order valence-electron chi connectivity index (χ1n) is 10.4. The van der Waals surface area contributed by atoms with Gasteiger partial charge in [-0.05, 0) is 42.7 Å². The quantitative estimate of drug-likeness (QED) is 0.413. The molecule has 31 heavy (non-hydrogen) atoms. The maximum Gasteiger partial charge on any atom is 0.282 e. The summed E-state index contributed by atoms with van der Waals surface area (Å²) in [6, 6.07) is 21.8. The third-order valence-electron chi connectivity index (χ3n) is 5.73. The maximum absolute atomic E-state index is 13.5. The molecule has 1 heterocycles. The summed E-state index contributed by atoms with van der Waals surface area (Å²) < 4.78 is 12.3. The van der Waals surface area contributed by atoms with Crippen LogP contribution in [0.15, 0.2) is 66.7 Å². The number of aromatic nitrogens is 2. The Balaban J connectivity index is 1.88. The van der Waals surface area contributed by atoms with E-state index in [0.29, 0.717) is 17.1 Å². The van der Waals surface area contributed by atoms with Crippen LogP contribution >= 0.6 is 0 Å². The third kappa shape index (κ3) is 3.56. The van der Waals surface area contributed by atoms with Crippen molar-refractivity contribution >= 4 is 16.8 Å². The highest BCUT2D eigenvalue weighted by Gasteiger charge is 2.24. The number of fused-ring (bicyclic) bond motifs is 1. The number of benzene rings is 3. The molecule has 4 aromatic rings. The minimum atomic E-state index is -0.251. The fourth-order valence-electron chi connectivity index (χ4n) is 4.32. The molecule has 1 aromatic heterocycles. The largest absolute Gasteiger partial charge is 0.493 e. The molecule has 0 radical (unpaired) electrons. The highest BCUT2D eigenvalue weighted by molar-refractivity contribution is 6.04. The van der Waals surface area contributed by atoms with E-state index in [1.165, 1.54) is 22.9 Å². The van der Waals surface area contributed by atoms with Crippen molar-refractivity contribution < 1.29 is 14.3 Å². The predicted octanol–water partition coefficient (Wildman–Crippen LogP) is 5.59. The lowest BCUT2D eigenvalue weighted by atomic mass is 9.87. The maximum atomic E-state index is 13.5. The minimum Gasteiger partial charge on any atom is -0.493 e. The molecule has 4 rings (SSSR count). The number of carbonyl (C=O) groups is 1. The fourth-order valence-corrected chi connectivity index (χ4v) is 4.32. The number of aryl methyl sites for hydroxylation is 1. The second-order valence-electron chi connectivity index (χ2n) is 7.46. The number of hydrogen-bond acceptors (Lipinski definition) is 4. The first kappa shape index (κ1) is 20.7. The number of rotatable bonds is 6. The molecule has 1 atom stereocenters. The van der Waals surface area contributed by atoms with Gasteiger partial charge in [-0.2, -0.15) is 9.78 Å². The summed E-state index contributed by atoms with van der Waals surface area (Å²) in [7, 11) is 3.09. The van der Waals surface area contributed by atoms with E-state index in [0.717, 1.165) is 23.0 Å². The topological polar surface area (TPSA) is 53.4 Å². The predicted molar refractivity (Wildman–Crippen MR) is 122 cm³/mol. The summed E-state index contributed by atoms with van der Waals surface area (Å²) in [5, 5.41) is 5.66. The molecule has 0 spiro atoms. The van der Waals surface area contributed by atoms with Crippen LogP contribution in [0.1, 0.15) is 46.4 Å². The van der Waals surface area contributed by atoms with E-state index in [-0.39, 0.29) is 11.8 Å². The molecule has 0 saturated heterocycles. The van der Waals surface area contributed by atoms with Gasteiger partial charge in [0, 0.05) is 11.3 Å². The fraction of sp³-hybridized carbons (Fsp3) is 0.231. The van der Waals surface area contributed by atoms with Crippen molar-refractivity contribution in [3.63, 3.8) is 0 Å². The molecule has 0 fully saturated rings. The summed E-state index contributed by atoms with van der Waals surface area (Å²) in [6.45, 7) is 4.14. The lowest BCUT2D eigenvalue weighted by Crippen LogP contribution is -2.15. The highest BCUT2D eigenvalue weighted by Crippen LogP contribution is 2.36. The number of methoxy groups -OCH3 is 2. The molecule has 0 saturated carbocycles. The van der Waals surface area contributed by atoms with Gasteiger partial charge in [-0.15, -0.1) is 0 Å². The monoisotopic (exact) mass is 414 g/mol. The second kappa shape index (κ2) is 8.64. The number of hydrogen-bond donors (Lipinski definition) is 0. The molecule has 3 aromatic carbocycles. The van der Waals surface area contributed by atoms with E-state index in [9.17, 15) is 4.79 Å². The molecular weight excluding hydrogens is 388 g/mol. The first-order chi connectivity index (χ1) is 15.1. The van der Waals surface area contributed by atoms with Gasteiger partial charge in [0.1, 0.15) is 0 Å². The molecule has 5 heteroatoms. The molecule has 0 unspecified atom stereocenters. The summed E-state index contributed by atoms with van der Waals surface area (Å²) in [6.07, 6.45) is 0.950. The molecule has 0 amide bonds. The van der Waals surface area contributed by atoms with Gasteiger partial charge in [-0.25, -0.2) is 0 Å². The Morgan fingerprint density at radius 2 is 1.71 bits per heavy atom. The van der Waals surface area contributed by atoms with E-state index in [1.807, 2.05) is 25.1 Å². The van der Waals surface area contributed by atoms with Crippen LogP contribution < -0.4 is 9.47 Å². The number of carbonyl (C=O) groups excluding carboxylic acids is 1. The zero-order valence-corrected chi connectivity index (χ0v) is 18.3. The van der Waals surface area contributed by atoms with Gasteiger partial charge >= 0.3 is 0 Å². The van der Waals surface area contributed by atoms with Crippen molar-refractivity contribution in [1.29, 1.82) is 0 Å². The summed E-state index contributed by atoms with van der Waals surface area (Å²) in [5.74, 6) is 0.891. The normalized spacial score (nSPS) is 12.0. The Morgan fingerprint density at radius 1 is 0.968 bits per heavy atom. The Morgan fingerprint density at radius 3 is 2.39 bits per heavy atom. The smallest absolute Gasteiger partial charge is 0.282 e. The van der Waals surface area contributed by atoms with Crippen molar-refractivity contribution in [3.05, 3.63) is 89.1 Å². The van der Waals surface area contributed by atoms with Gasteiger partial charge < -0.3 is 9.47 Å². The van der Waals surface area contributed by atoms with Crippen LogP contribution in [-0.4, -0.2) is 29.9 Å². The van der Waals surface area contributed by atoms with E-state index in [1.54, 1.807) is 25.3 Å². The van der Waals surface area contributed by atoms with Crippen molar-refractivity contribution in [2.24, 2.45) is 0 Å². The van der Waals surface area contributed by atoms with E-state index >= 15 is 0 Å². The number of ether oxygens (including phenoxy) is 2. The Kier molecular flexibility index (Phi) is 5.76. The molecule has 0 aliphatic rings. The van der Waals surface area contributed by atoms with Gasteiger partial charge in [0.2, 0.25) is 0 Å². The molecule has 0 aliphatic heterocycles. The van der Waals surface area contributed by atoms with Crippen molar-refractivity contribution in [1.82, 2.24) is 9.78 Å². The highest BCUT2D eigenvalue weighted by atomic mass is 16.5. The number of nitrogens with zero attached hydrogens (tertiary/aromatic N) is 2. The molecule has 5 nitrogen and oxygen atoms in total. The van der Waals surface area contributed by atoms with Crippen molar-refractivity contribution in [2.45, 2.75) is 26.2 Å². The molecular formula is C26H26N2O3. The molecule has 0 bridgehead atoms. The average molecular weight is 415 g/mol. The minimum absolute atomic E-state index is 0.225. The standard InChI is InChI=1S/C26H26N2O3/c1-5-19(18-11-7-6-8-12-18)20-13-9-15-22-24(20)17(2)27-28(22)26(29)21-14-10-16-23(30-3)25(21)31-4/h6-16,19H,5H2,1-4H3/t19-/m0/s1. The van der Waals surface area contributed by atoms with Crippen molar-refractivity contribution in [3.8, 4) is 11.5 Å². The van der Waals surface area contributed by atoms with Crippen LogP contribution in [-0.2, 0) is 0 Å². The average Bonchev–Trinajstić information content (AvgIpc) is 3.16. The molecule has 158 valence electrons. The second-order valence-corrected chi connectivity index (χ2v) is 7.46. The van der Waals surface area contributed by atoms with Gasteiger partial charge in [-0.1, -0.05) is 55.5 Å². The van der Waals surface area contributed by atoms with Gasteiger partial charge in [0.25, 0.3) is 5.91 Å². The Hall–Kier alpha value is -3.60. The first-order valence-corrected chi connectivity index (χ1v) is 10.4. The van der Waals surface area contributed by atoms with E-state index < -0.39 is 0 Å². The van der Waals surface area contributed by atoms with Crippen molar-refractivity contribution in [2.75, 3.05) is 14.2 Å². The lowest BCUT2D eigenvalue weighted by molar-refractivity contribution is 0.0946. The van der Waals surface area contributed by atoms with Gasteiger partial charge in [-0.3, -0.25) is 4.79 Å².